The molecule has 1 atom stereocenters. The Balaban J connectivity index is 1.95. The smallest absolute Gasteiger partial charge is 0.0931 e. The second kappa shape index (κ2) is 5.80. The minimum atomic E-state index is 0.272. The lowest BCUT2D eigenvalue weighted by atomic mass is 10.1. The Bertz CT molecular complexity index is 425. The number of halogens is 1. The molecule has 0 aliphatic carbocycles. The number of rotatable bonds is 5. The standard InChI is InChI=1S/C11H13ClN2S2/c12-11-4-3-10(16-11)7-8(14-13)6-9-2-1-5-15-9/h1-5,8,14H,6-7,13H2. The molecule has 2 aromatic rings. The van der Waals surface area contributed by atoms with Crippen molar-refractivity contribution < 1.29 is 0 Å². The summed E-state index contributed by atoms with van der Waals surface area (Å²) in [6, 6.07) is 8.46. The summed E-state index contributed by atoms with van der Waals surface area (Å²) in [6.07, 6.45) is 1.88. The predicted octanol–water partition coefficient (Wildman–Crippen LogP) is 3.08. The third-order valence-corrected chi connectivity index (χ3v) is 4.49. The van der Waals surface area contributed by atoms with Crippen LogP contribution in [0.5, 0.6) is 0 Å². The van der Waals surface area contributed by atoms with Gasteiger partial charge in [0.25, 0.3) is 0 Å². The molecule has 5 heteroatoms. The molecular formula is C11H13ClN2S2. The van der Waals surface area contributed by atoms with Gasteiger partial charge >= 0.3 is 0 Å². The van der Waals surface area contributed by atoms with Crippen molar-refractivity contribution in [2.75, 3.05) is 0 Å². The molecule has 0 aliphatic heterocycles. The molecule has 0 saturated carbocycles. The van der Waals surface area contributed by atoms with Gasteiger partial charge in [-0.25, -0.2) is 0 Å². The van der Waals surface area contributed by atoms with E-state index in [0.29, 0.717) is 0 Å². The van der Waals surface area contributed by atoms with Crippen LogP contribution in [0, 0.1) is 0 Å². The summed E-state index contributed by atoms with van der Waals surface area (Å²) in [5.41, 5.74) is 2.87. The average Bonchev–Trinajstić information content (AvgIpc) is 2.89. The molecule has 2 rings (SSSR count). The molecule has 2 heterocycles. The third-order valence-electron chi connectivity index (χ3n) is 2.34. The fraction of sp³-hybridized carbons (Fsp3) is 0.273. The van der Waals surface area contributed by atoms with Gasteiger partial charge in [-0.2, -0.15) is 0 Å². The zero-order valence-corrected chi connectivity index (χ0v) is 11.0. The first-order chi connectivity index (χ1) is 7.78. The highest BCUT2D eigenvalue weighted by molar-refractivity contribution is 7.16. The molecule has 2 nitrogen and oxygen atoms in total. The summed E-state index contributed by atoms with van der Waals surface area (Å²) in [4.78, 5) is 2.62. The van der Waals surface area contributed by atoms with Crippen LogP contribution < -0.4 is 11.3 Å². The Kier molecular flexibility index (Phi) is 4.37. The van der Waals surface area contributed by atoms with Crippen LogP contribution in [0.2, 0.25) is 4.34 Å². The SMILES string of the molecule is NNC(Cc1cccs1)Cc1ccc(Cl)s1. The molecule has 0 aromatic carbocycles. The quantitative estimate of drug-likeness (QED) is 0.648. The van der Waals surface area contributed by atoms with Crippen molar-refractivity contribution in [3.63, 3.8) is 0 Å². The van der Waals surface area contributed by atoms with Crippen LogP contribution in [0.15, 0.2) is 29.6 Å². The molecular weight excluding hydrogens is 260 g/mol. The van der Waals surface area contributed by atoms with Gasteiger partial charge in [0, 0.05) is 15.8 Å². The van der Waals surface area contributed by atoms with Gasteiger partial charge in [-0.15, -0.1) is 22.7 Å². The molecule has 0 radical (unpaired) electrons. The maximum atomic E-state index is 5.90. The van der Waals surface area contributed by atoms with Gasteiger partial charge in [0.1, 0.15) is 0 Å². The molecule has 0 spiro atoms. The largest absolute Gasteiger partial charge is 0.271 e. The van der Waals surface area contributed by atoms with Crippen LogP contribution in [-0.4, -0.2) is 6.04 Å². The number of thiophene rings is 2. The summed E-state index contributed by atoms with van der Waals surface area (Å²) in [7, 11) is 0. The Labute approximate surface area is 108 Å². The van der Waals surface area contributed by atoms with E-state index >= 15 is 0 Å². The van der Waals surface area contributed by atoms with E-state index in [0.717, 1.165) is 17.2 Å². The Morgan fingerprint density at radius 1 is 1.25 bits per heavy atom. The van der Waals surface area contributed by atoms with E-state index < -0.39 is 0 Å². The lowest BCUT2D eigenvalue weighted by Gasteiger charge is -2.13. The molecule has 86 valence electrons. The fourth-order valence-corrected chi connectivity index (χ4v) is 3.52. The first-order valence-electron chi connectivity index (χ1n) is 5.00. The molecule has 0 bridgehead atoms. The highest BCUT2D eigenvalue weighted by Gasteiger charge is 2.10. The zero-order chi connectivity index (χ0) is 11.4. The number of hydrogen-bond donors (Lipinski definition) is 2. The fourth-order valence-electron chi connectivity index (χ4n) is 1.57. The highest BCUT2D eigenvalue weighted by Crippen LogP contribution is 2.23. The monoisotopic (exact) mass is 272 g/mol. The van der Waals surface area contributed by atoms with Gasteiger partial charge in [0.15, 0.2) is 0 Å². The maximum Gasteiger partial charge on any atom is 0.0931 e. The Hall–Kier alpha value is -0.390. The number of nitrogens with two attached hydrogens (primary N) is 1. The second-order valence-electron chi connectivity index (χ2n) is 3.56. The van der Waals surface area contributed by atoms with Crippen molar-refractivity contribution in [1.29, 1.82) is 0 Å². The van der Waals surface area contributed by atoms with E-state index in [1.165, 1.54) is 9.75 Å². The third kappa shape index (κ3) is 3.30. The normalized spacial score (nSPS) is 12.9. The van der Waals surface area contributed by atoms with Crippen molar-refractivity contribution in [3.05, 3.63) is 43.7 Å². The van der Waals surface area contributed by atoms with Crippen molar-refractivity contribution in [2.45, 2.75) is 18.9 Å². The maximum absolute atomic E-state index is 5.90. The lowest BCUT2D eigenvalue weighted by Crippen LogP contribution is -2.38. The van der Waals surface area contributed by atoms with Crippen LogP contribution in [0.25, 0.3) is 0 Å². The van der Waals surface area contributed by atoms with E-state index in [4.69, 9.17) is 17.4 Å². The number of nitrogens with one attached hydrogen (secondary N) is 1. The topological polar surface area (TPSA) is 38.0 Å². The van der Waals surface area contributed by atoms with Crippen molar-refractivity contribution in [3.8, 4) is 0 Å². The van der Waals surface area contributed by atoms with Gasteiger partial charge in [-0.1, -0.05) is 17.7 Å². The van der Waals surface area contributed by atoms with E-state index in [1.807, 2.05) is 6.07 Å². The summed E-state index contributed by atoms with van der Waals surface area (Å²) < 4.78 is 0.835. The van der Waals surface area contributed by atoms with Gasteiger partial charge in [0.2, 0.25) is 0 Å². The summed E-state index contributed by atoms with van der Waals surface area (Å²) in [6.45, 7) is 0. The Morgan fingerprint density at radius 3 is 2.62 bits per heavy atom. The number of hydrazine groups is 1. The molecule has 0 amide bonds. The molecule has 0 saturated heterocycles. The van der Waals surface area contributed by atoms with Crippen LogP contribution >= 0.6 is 34.3 Å². The van der Waals surface area contributed by atoms with E-state index in [-0.39, 0.29) is 6.04 Å². The first kappa shape index (κ1) is 12.1. The van der Waals surface area contributed by atoms with E-state index in [9.17, 15) is 0 Å². The number of hydrogen-bond acceptors (Lipinski definition) is 4. The van der Waals surface area contributed by atoms with E-state index in [2.05, 4.69) is 29.0 Å². The van der Waals surface area contributed by atoms with Crippen LogP contribution in [-0.2, 0) is 12.8 Å². The average molecular weight is 273 g/mol. The van der Waals surface area contributed by atoms with Crippen molar-refractivity contribution in [2.24, 2.45) is 5.84 Å². The lowest BCUT2D eigenvalue weighted by molar-refractivity contribution is 0.529. The molecule has 1 unspecified atom stereocenters. The first-order valence-corrected chi connectivity index (χ1v) is 7.08. The predicted molar refractivity (Wildman–Crippen MR) is 72.2 cm³/mol. The molecule has 3 N–H and O–H groups in total. The highest BCUT2D eigenvalue weighted by atomic mass is 35.5. The molecule has 0 fully saturated rings. The summed E-state index contributed by atoms with van der Waals surface area (Å²) >= 11 is 9.28. The second-order valence-corrected chi connectivity index (χ2v) is 6.39. The summed E-state index contributed by atoms with van der Waals surface area (Å²) in [5.74, 6) is 5.57. The van der Waals surface area contributed by atoms with Crippen molar-refractivity contribution >= 4 is 34.3 Å². The van der Waals surface area contributed by atoms with Crippen molar-refractivity contribution in [1.82, 2.24) is 5.43 Å². The zero-order valence-electron chi connectivity index (χ0n) is 8.65. The summed E-state index contributed by atoms with van der Waals surface area (Å²) in [5, 5.41) is 2.09. The molecule has 2 aromatic heterocycles. The van der Waals surface area contributed by atoms with Gasteiger partial charge < -0.3 is 0 Å². The van der Waals surface area contributed by atoms with E-state index in [1.54, 1.807) is 22.7 Å². The Morgan fingerprint density at radius 2 is 2.06 bits per heavy atom. The molecule has 16 heavy (non-hydrogen) atoms. The minimum absolute atomic E-state index is 0.272. The molecule has 0 aliphatic rings. The van der Waals surface area contributed by atoms with Gasteiger partial charge in [0.05, 0.1) is 4.34 Å². The van der Waals surface area contributed by atoms with Gasteiger partial charge in [-0.3, -0.25) is 11.3 Å². The van der Waals surface area contributed by atoms with Crippen LogP contribution in [0.4, 0.5) is 0 Å². The van der Waals surface area contributed by atoms with Gasteiger partial charge in [-0.05, 0) is 36.4 Å². The minimum Gasteiger partial charge on any atom is -0.271 e. The van der Waals surface area contributed by atoms with Crippen LogP contribution in [0.1, 0.15) is 9.75 Å². The van der Waals surface area contributed by atoms with Crippen LogP contribution in [0.3, 0.4) is 0 Å².